The second kappa shape index (κ2) is 16.4. The van der Waals surface area contributed by atoms with E-state index >= 15 is 0 Å². The maximum atomic E-state index is 5.30. The Hall–Kier alpha value is -5.71. The molecule has 10 aromatic rings. The largest absolute Gasteiger partial charge is 0.333 e. The zero-order valence-electron chi connectivity index (χ0n) is 32.3. The molecular weight excluding hydrogens is 891 g/mol. The van der Waals surface area contributed by atoms with E-state index in [1.54, 1.807) is 17.5 Å². The minimum Gasteiger partial charge on any atom is -0.333 e. The van der Waals surface area contributed by atoms with Crippen molar-refractivity contribution in [3.63, 3.8) is 0 Å². The Kier molecular flexibility index (Phi) is 11.0. The maximum absolute atomic E-state index is 5.30. The third-order valence-corrected chi connectivity index (χ3v) is 11.5. The van der Waals surface area contributed by atoms with E-state index in [1.165, 1.54) is 59.6 Å². The van der Waals surface area contributed by atoms with E-state index in [4.69, 9.17) is 4.98 Å². The minimum atomic E-state index is 0. The molecule has 281 valence electrons. The summed E-state index contributed by atoms with van der Waals surface area (Å²) in [5, 5.41) is 9.98. The van der Waals surface area contributed by atoms with Crippen LogP contribution in [0.1, 0.15) is 50.7 Å². The summed E-state index contributed by atoms with van der Waals surface area (Å²) in [5.41, 5.74) is 11.5. The predicted octanol–water partition coefficient (Wildman–Crippen LogP) is 14.5. The van der Waals surface area contributed by atoms with Gasteiger partial charge in [0, 0.05) is 32.0 Å². The van der Waals surface area contributed by atoms with Gasteiger partial charge in [0.05, 0.1) is 16.9 Å². The molecule has 0 unspecified atom stereocenters. The number of fused-ring (bicyclic) bond motifs is 5. The molecule has 0 fully saturated rings. The number of thiophene rings is 1. The van der Waals surface area contributed by atoms with Crippen molar-refractivity contribution in [2.75, 3.05) is 0 Å². The number of hydrogen-bond acceptors (Lipinski definition) is 3. The van der Waals surface area contributed by atoms with Crippen molar-refractivity contribution < 1.29 is 20.1 Å². The van der Waals surface area contributed by atoms with Crippen molar-refractivity contribution >= 4 is 54.0 Å². The Morgan fingerprint density at radius 2 is 1.26 bits per heavy atom. The van der Waals surface area contributed by atoms with Gasteiger partial charge >= 0.3 is 0 Å². The summed E-state index contributed by atoms with van der Waals surface area (Å²) in [5.74, 6) is 1.70. The molecule has 0 aliphatic carbocycles. The van der Waals surface area contributed by atoms with E-state index in [0.717, 1.165) is 33.7 Å². The average Bonchev–Trinajstić information content (AvgIpc) is 3.85. The minimum absolute atomic E-state index is 0. The zero-order chi connectivity index (χ0) is 38.2. The molecule has 0 aliphatic rings. The molecule has 7 aromatic carbocycles. The average molecular weight is 932 g/mol. The predicted molar refractivity (Wildman–Crippen MR) is 238 cm³/mol. The van der Waals surface area contributed by atoms with E-state index in [9.17, 15) is 0 Å². The van der Waals surface area contributed by atoms with Gasteiger partial charge in [-0.15, -0.1) is 41.3 Å². The molecule has 3 heterocycles. The first-order valence-corrected chi connectivity index (χ1v) is 20.1. The van der Waals surface area contributed by atoms with Crippen LogP contribution in [-0.2, 0) is 20.1 Å². The molecule has 0 amide bonds. The van der Waals surface area contributed by atoms with E-state index in [-0.39, 0.29) is 20.1 Å². The van der Waals surface area contributed by atoms with E-state index in [1.807, 2.05) is 42.5 Å². The van der Waals surface area contributed by atoms with Gasteiger partial charge in [0.15, 0.2) is 0 Å². The molecular formula is C52H41IrN3S-2. The quantitative estimate of drug-likeness (QED) is 0.123. The van der Waals surface area contributed by atoms with E-state index < -0.39 is 0 Å². The van der Waals surface area contributed by atoms with Crippen molar-refractivity contribution in [2.45, 2.75) is 39.5 Å². The number of para-hydroxylation sites is 3. The van der Waals surface area contributed by atoms with Gasteiger partial charge in [0.2, 0.25) is 0 Å². The third kappa shape index (κ3) is 7.35. The Bertz CT molecular complexity index is 2920. The van der Waals surface area contributed by atoms with Crippen LogP contribution < -0.4 is 0 Å². The first kappa shape index (κ1) is 38.2. The maximum Gasteiger partial charge on any atom is 0.0774 e. The molecule has 0 saturated carbocycles. The van der Waals surface area contributed by atoms with E-state index in [2.05, 4.69) is 164 Å². The molecule has 10 rings (SSSR count). The van der Waals surface area contributed by atoms with Crippen molar-refractivity contribution in [1.29, 1.82) is 0 Å². The van der Waals surface area contributed by atoms with Gasteiger partial charge in [-0.1, -0.05) is 153 Å². The molecule has 3 nitrogen and oxygen atoms in total. The Morgan fingerprint density at radius 1 is 0.596 bits per heavy atom. The fraction of sp³-hybridized carbons (Fsp3) is 0.115. The number of benzene rings is 7. The van der Waals surface area contributed by atoms with Crippen molar-refractivity contribution in [1.82, 2.24) is 14.5 Å². The number of pyridine rings is 1. The summed E-state index contributed by atoms with van der Waals surface area (Å²) in [6.45, 7) is 9.14. The Balaban J connectivity index is 0.000000300. The van der Waals surface area contributed by atoms with Crippen LogP contribution >= 0.6 is 11.3 Å². The van der Waals surface area contributed by atoms with Crippen molar-refractivity contribution in [3.8, 4) is 39.5 Å². The Morgan fingerprint density at radius 3 is 2.00 bits per heavy atom. The van der Waals surface area contributed by atoms with Gasteiger partial charge in [-0.3, -0.25) is 16.3 Å². The summed E-state index contributed by atoms with van der Waals surface area (Å²) in [4.78, 5) is 9.52. The number of rotatable bonds is 6. The molecule has 0 N–H and O–H groups in total. The summed E-state index contributed by atoms with van der Waals surface area (Å²) in [6, 6.07) is 58.9. The van der Waals surface area contributed by atoms with Crippen LogP contribution in [0.2, 0.25) is 0 Å². The molecule has 0 saturated heterocycles. The number of imidazole rings is 1. The first-order valence-electron chi connectivity index (χ1n) is 19.3. The van der Waals surface area contributed by atoms with Crippen LogP contribution in [0.25, 0.3) is 82.1 Å². The van der Waals surface area contributed by atoms with Crippen LogP contribution in [0, 0.1) is 11.4 Å². The summed E-state index contributed by atoms with van der Waals surface area (Å²) >= 11 is 1.67. The van der Waals surface area contributed by atoms with Crippen molar-refractivity contribution in [3.05, 3.63) is 186 Å². The van der Waals surface area contributed by atoms with Gasteiger partial charge in [-0.05, 0) is 85.6 Å². The number of nitrogens with zero attached hydrogens (tertiary/aromatic N) is 3. The fourth-order valence-electron chi connectivity index (χ4n) is 7.77. The summed E-state index contributed by atoms with van der Waals surface area (Å²) < 4.78 is 3.63. The molecule has 0 bridgehead atoms. The van der Waals surface area contributed by atoms with Crippen LogP contribution in [0.4, 0.5) is 0 Å². The summed E-state index contributed by atoms with van der Waals surface area (Å²) in [6.07, 6.45) is 1.79. The molecule has 0 aliphatic heterocycles. The number of aromatic nitrogens is 3. The standard InChI is InChI=1S/C41H33N2S.C11H8N.Ir/c1-25(2)31-12-9-13-32(26(3)4)40(31)43-38-15-8-7-14-37(38)42-41(43)36-24-44-39-21-20-30(23-35(36)39)29-19-18-28-17-16-27-10-5-6-11-33(27)34(28)22-29;1-2-6-10(7-3-1)11-8-4-5-9-12-11;/h5-23,25-26H,1-4H3;1-6,8-9H;/q2*-1;. The van der Waals surface area contributed by atoms with Crippen LogP contribution in [-0.4, -0.2) is 14.5 Å². The van der Waals surface area contributed by atoms with Crippen molar-refractivity contribution in [2.24, 2.45) is 0 Å². The fourth-order valence-corrected chi connectivity index (χ4v) is 8.59. The Labute approximate surface area is 352 Å². The third-order valence-electron chi connectivity index (χ3n) is 10.6. The van der Waals surface area contributed by atoms with Gasteiger partial charge in [-0.25, -0.2) is 0 Å². The van der Waals surface area contributed by atoms with Gasteiger partial charge in [0.1, 0.15) is 0 Å². The van der Waals surface area contributed by atoms with Gasteiger partial charge in [-0.2, -0.15) is 0 Å². The molecule has 1 radical (unpaired) electrons. The molecule has 5 heteroatoms. The normalized spacial score (nSPS) is 11.3. The van der Waals surface area contributed by atoms with Crippen LogP contribution in [0.15, 0.2) is 164 Å². The summed E-state index contributed by atoms with van der Waals surface area (Å²) in [7, 11) is 0. The first-order chi connectivity index (χ1) is 27.4. The van der Waals surface area contributed by atoms with Crippen LogP contribution in [0.3, 0.4) is 0 Å². The second-order valence-corrected chi connectivity index (χ2v) is 15.7. The van der Waals surface area contributed by atoms with E-state index in [0.29, 0.717) is 11.8 Å². The van der Waals surface area contributed by atoms with Gasteiger partial charge < -0.3 is 9.55 Å². The zero-order valence-corrected chi connectivity index (χ0v) is 35.5. The molecule has 3 aromatic heterocycles. The monoisotopic (exact) mass is 932 g/mol. The topological polar surface area (TPSA) is 30.7 Å². The van der Waals surface area contributed by atoms with Crippen LogP contribution in [0.5, 0.6) is 0 Å². The van der Waals surface area contributed by atoms with Gasteiger partial charge in [0.25, 0.3) is 0 Å². The molecule has 0 atom stereocenters. The second-order valence-electron chi connectivity index (χ2n) is 14.9. The smallest absolute Gasteiger partial charge is 0.0774 e. The number of hydrogen-bond donors (Lipinski definition) is 0. The molecule has 57 heavy (non-hydrogen) atoms. The molecule has 0 spiro atoms. The SMILES string of the molecule is CC(C)c1cccc(C(C)C)c1-n1c(-c2[c-]sc3ccc(-c4ccc5ccc6ccccc6c5c4)cc23)nc2ccccc21.[Ir].[c-]1ccccc1-c1ccccn1.